The third kappa shape index (κ3) is 4.23. The number of amides is 1. The van der Waals surface area contributed by atoms with E-state index in [0.29, 0.717) is 4.88 Å². The van der Waals surface area contributed by atoms with Crippen LogP contribution in [0.5, 0.6) is 0 Å². The quantitative estimate of drug-likeness (QED) is 0.754. The number of fused-ring (bicyclic) bond motifs is 1. The van der Waals surface area contributed by atoms with Gasteiger partial charge in [0.1, 0.15) is 4.88 Å². The summed E-state index contributed by atoms with van der Waals surface area (Å²) in [5.41, 5.74) is 1.33. The van der Waals surface area contributed by atoms with Crippen molar-refractivity contribution < 1.29 is 24.2 Å². The number of anilines is 1. The van der Waals surface area contributed by atoms with Crippen molar-refractivity contribution in [1.29, 1.82) is 0 Å². The first-order valence-corrected chi connectivity index (χ1v) is 9.25. The van der Waals surface area contributed by atoms with E-state index in [1.807, 2.05) is 6.07 Å². The van der Waals surface area contributed by atoms with Gasteiger partial charge in [-0.15, -0.1) is 11.3 Å². The number of esters is 1. The van der Waals surface area contributed by atoms with Crippen molar-refractivity contribution >= 4 is 46.5 Å². The zero-order valence-electron chi connectivity index (χ0n) is 13.7. The molecule has 8 heteroatoms. The maximum Gasteiger partial charge on any atom is 0.348 e. The smallest absolute Gasteiger partial charge is 0.348 e. The first-order chi connectivity index (χ1) is 12.4. The maximum atomic E-state index is 12.1. The summed E-state index contributed by atoms with van der Waals surface area (Å²) >= 11 is 7.36. The molecule has 1 aromatic carbocycles. The van der Waals surface area contributed by atoms with Crippen LogP contribution in [-0.2, 0) is 22.4 Å². The highest BCUT2D eigenvalue weighted by Gasteiger charge is 2.19. The van der Waals surface area contributed by atoms with Crippen molar-refractivity contribution in [2.75, 3.05) is 11.9 Å². The van der Waals surface area contributed by atoms with Gasteiger partial charge in [0.25, 0.3) is 5.91 Å². The molecule has 1 aliphatic carbocycles. The van der Waals surface area contributed by atoms with Crippen LogP contribution in [0.2, 0.25) is 5.02 Å². The fourth-order valence-electron chi connectivity index (χ4n) is 2.73. The van der Waals surface area contributed by atoms with Gasteiger partial charge < -0.3 is 15.2 Å². The van der Waals surface area contributed by atoms with E-state index >= 15 is 0 Å². The highest BCUT2D eigenvalue weighted by molar-refractivity contribution is 7.14. The van der Waals surface area contributed by atoms with Gasteiger partial charge in [-0.2, -0.15) is 0 Å². The van der Waals surface area contributed by atoms with Crippen LogP contribution in [0.15, 0.2) is 24.3 Å². The molecular weight excluding hydrogens is 378 g/mol. The fourth-order valence-corrected chi connectivity index (χ4v) is 4.05. The summed E-state index contributed by atoms with van der Waals surface area (Å²) in [5.74, 6) is -2.26. The summed E-state index contributed by atoms with van der Waals surface area (Å²) in [6.07, 6.45) is 4.20. The third-order valence-corrected chi connectivity index (χ3v) is 5.57. The van der Waals surface area contributed by atoms with Gasteiger partial charge in [0, 0.05) is 4.88 Å². The molecule has 3 rings (SSSR count). The second-order valence-corrected chi connectivity index (χ2v) is 7.43. The number of aromatic carboxylic acids is 1. The minimum Gasteiger partial charge on any atom is -0.478 e. The lowest BCUT2D eigenvalue weighted by Crippen LogP contribution is -2.21. The number of halogens is 1. The van der Waals surface area contributed by atoms with E-state index in [1.54, 1.807) is 0 Å². The Morgan fingerprint density at radius 1 is 1.19 bits per heavy atom. The predicted octanol–water partition coefficient (Wildman–Crippen LogP) is 3.77. The molecule has 1 aromatic heterocycles. The second kappa shape index (κ2) is 7.88. The maximum absolute atomic E-state index is 12.1. The molecular formula is C18H16ClNO5S. The summed E-state index contributed by atoms with van der Waals surface area (Å²) in [5, 5.41) is 11.6. The van der Waals surface area contributed by atoms with Crippen LogP contribution >= 0.6 is 22.9 Å². The largest absolute Gasteiger partial charge is 0.478 e. The molecule has 0 atom stereocenters. The molecule has 136 valence electrons. The number of carboxylic acids is 1. The average molecular weight is 394 g/mol. The van der Waals surface area contributed by atoms with Crippen molar-refractivity contribution in [3.63, 3.8) is 0 Å². The number of carbonyl (C=O) groups is 3. The number of aryl methyl sites for hydroxylation is 2. The first kappa shape index (κ1) is 18.4. The van der Waals surface area contributed by atoms with Gasteiger partial charge in [-0.25, -0.2) is 9.59 Å². The van der Waals surface area contributed by atoms with Crippen LogP contribution in [0.1, 0.15) is 43.3 Å². The third-order valence-electron chi connectivity index (χ3n) is 4.02. The normalized spacial score (nSPS) is 13.0. The predicted molar refractivity (Wildman–Crippen MR) is 98.3 cm³/mol. The Labute approximate surface area is 158 Å². The highest BCUT2D eigenvalue weighted by atomic mass is 35.5. The number of thiophene rings is 1. The lowest BCUT2D eigenvalue weighted by molar-refractivity contribution is -0.119. The number of nitrogens with one attached hydrogen (secondary N) is 1. The number of benzene rings is 1. The van der Waals surface area contributed by atoms with Crippen molar-refractivity contribution in [3.8, 4) is 0 Å². The summed E-state index contributed by atoms with van der Waals surface area (Å²) in [6.45, 7) is -0.477. The number of ether oxygens (including phenoxy) is 1. The second-order valence-electron chi connectivity index (χ2n) is 5.89. The Morgan fingerprint density at radius 2 is 1.96 bits per heavy atom. The Hall–Kier alpha value is -2.38. The SMILES string of the molecule is O=C(COC(=O)c1cc2c(s1)CCCC2)Nc1cc(C(=O)O)ccc1Cl. The first-order valence-electron chi connectivity index (χ1n) is 8.05. The van der Waals surface area contributed by atoms with Crippen LogP contribution in [0, 0.1) is 0 Å². The van der Waals surface area contributed by atoms with Crippen LogP contribution in [0.3, 0.4) is 0 Å². The number of hydrogen-bond donors (Lipinski definition) is 2. The Balaban J connectivity index is 1.59. The molecule has 1 aliphatic rings. The zero-order chi connectivity index (χ0) is 18.7. The molecule has 0 saturated heterocycles. The summed E-state index contributed by atoms with van der Waals surface area (Å²) in [6, 6.07) is 5.80. The molecule has 26 heavy (non-hydrogen) atoms. The summed E-state index contributed by atoms with van der Waals surface area (Å²) < 4.78 is 5.06. The topological polar surface area (TPSA) is 92.7 Å². The van der Waals surface area contributed by atoms with Gasteiger partial charge >= 0.3 is 11.9 Å². The molecule has 0 saturated carbocycles. The van der Waals surface area contributed by atoms with Crippen molar-refractivity contribution in [2.24, 2.45) is 0 Å². The fraction of sp³-hybridized carbons (Fsp3) is 0.278. The van der Waals surface area contributed by atoms with Crippen LogP contribution < -0.4 is 5.32 Å². The van der Waals surface area contributed by atoms with E-state index in [-0.39, 0.29) is 16.3 Å². The minimum absolute atomic E-state index is 0.00846. The number of carboxylic acid groups (broad SMARTS) is 1. The van der Waals surface area contributed by atoms with Crippen LogP contribution in [0.4, 0.5) is 5.69 Å². The van der Waals surface area contributed by atoms with E-state index in [4.69, 9.17) is 21.4 Å². The monoisotopic (exact) mass is 393 g/mol. The van der Waals surface area contributed by atoms with Gasteiger partial charge in [-0.1, -0.05) is 11.6 Å². The van der Waals surface area contributed by atoms with E-state index < -0.39 is 24.5 Å². The van der Waals surface area contributed by atoms with Gasteiger partial charge in [-0.05, 0) is 55.5 Å². The molecule has 0 aliphatic heterocycles. The van der Waals surface area contributed by atoms with E-state index in [9.17, 15) is 14.4 Å². The molecule has 6 nitrogen and oxygen atoms in total. The highest BCUT2D eigenvalue weighted by Crippen LogP contribution is 2.30. The molecule has 0 fully saturated rings. The average Bonchev–Trinajstić information content (AvgIpc) is 3.05. The van der Waals surface area contributed by atoms with E-state index in [1.165, 1.54) is 40.0 Å². The minimum atomic E-state index is -1.13. The van der Waals surface area contributed by atoms with Gasteiger partial charge in [0.2, 0.25) is 0 Å². The molecule has 0 bridgehead atoms. The molecule has 0 unspecified atom stereocenters. The summed E-state index contributed by atoms with van der Waals surface area (Å²) in [7, 11) is 0. The molecule has 2 aromatic rings. The van der Waals surface area contributed by atoms with Gasteiger partial charge in [-0.3, -0.25) is 4.79 Å². The zero-order valence-corrected chi connectivity index (χ0v) is 15.3. The number of carbonyl (C=O) groups excluding carboxylic acids is 2. The Kier molecular flexibility index (Phi) is 5.58. The molecule has 0 spiro atoms. The molecule has 1 amide bonds. The van der Waals surface area contributed by atoms with Crippen LogP contribution in [-0.4, -0.2) is 29.6 Å². The van der Waals surface area contributed by atoms with Crippen molar-refractivity contribution in [3.05, 3.63) is 50.2 Å². The number of hydrogen-bond acceptors (Lipinski definition) is 5. The van der Waals surface area contributed by atoms with Gasteiger partial charge in [0.15, 0.2) is 6.61 Å². The van der Waals surface area contributed by atoms with Crippen LogP contribution in [0.25, 0.3) is 0 Å². The van der Waals surface area contributed by atoms with E-state index in [2.05, 4.69) is 5.32 Å². The molecule has 1 heterocycles. The molecule has 2 N–H and O–H groups in total. The van der Waals surface area contributed by atoms with Gasteiger partial charge in [0.05, 0.1) is 16.3 Å². The standard InChI is InChI=1S/C18H16ClNO5S/c19-12-6-5-11(17(22)23)7-13(12)20-16(21)9-25-18(24)15-8-10-3-1-2-4-14(10)26-15/h5-8H,1-4,9H2,(H,20,21)(H,22,23). The Bertz CT molecular complexity index is 853. The lowest BCUT2D eigenvalue weighted by atomic mass is 9.99. The van der Waals surface area contributed by atoms with E-state index in [0.717, 1.165) is 25.7 Å². The Morgan fingerprint density at radius 3 is 2.69 bits per heavy atom. The van der Waals surface area contributed by atoms with Crippen molar-refractivity contribution in [2.45, 2.75) is 25.7 Å². The van der Waals surface area contributed by atoms with Crippen molar-refractivity contribution in [1.82, 2.24) is 0 Å². The molecule has 0 radical (unpaired) electrons. The summed E-state index contributed by atoms with van der Waals surface area (Å²) in [4.78, 5) is 36.8. The lowest BCUT2D eigenvalue weighted by Gasteiger charge is -2.08. The number of rotatable bonds is 5.